The quantitative estimate of drug-likeness (QED) is 0.192. The second-order valence-corrected chi connectivity index (χ2v) is 11.4. The molecule has 0 spiro atoms. The van der Waals surface area contributed by atoms with Crippen LogP contribution < -0.4 is 4.74 Å². The monoisotopic (exact) mass is 644 g/mol. The Bertz CT molecular complexity index is 2040. The van der Waals surface area contributed by atoms with E-state index >= 15 is 0 Å². The van der Waals surface area contributed by atoms with Crippen LogP contribution in [0.1, 0.15) is 0 Å². The first kappa shape index (κ1) is 23.5. The molecule has 0 unspecified atom stereocenters. The Hall–Kier alpha value is -4.33. The van der Waals surface area contributed by atoms with Crippen LogP contribution in [-0.4, -0.2) is 19.5 Å². The molecule has 0 amide bonds. The lowest BCUT2D eigenvalue weighted by atomic mass is 10.1. The molecular weight excluding hydrogens is 628 g/mol. The van der Waals surface area contributed by atoms with Crippen molar-refractivity contribution in [3.05, 3.63) is 118 Å². The molecule has 2 aromatic heterocycles. The van der Waals surface area contributed by atoms with Crippen molar-refractivity contribution in [1.29, 1.82) is 0 Å². The maximum Gasteiger partial charge on any atom is 0.164 e. The molecule has 1 aliphatic heterocycles. The Kier molecular flexibility index (Phi) is 5.37. The minimum atomic E-state index is 0.582. The van der Waals surface area contributed by atoms with Gasteiger partial charge in [0.05, 0.1) is 16.7 Å². The van der Waals surface area contributed by atoms with Crippen molar-refractivity contribution in [2.45, 2.75) is 0 Å². The minimum absolute atomic E-state index is 0.582. The average Bonchev–Trinajstić information content (AvgIpc) is 3.33. The molecule has 5 aromatic carbocycles. The fraction of sp³-hybridized carbons (Fsp3) is 0. The van der Waals surface area contributed by atoms with Gasteiger partial charge in [0.1, 0.15) is 0 Å². The summed E-state index contributed by atoms with van der Waals surface area (Å²) in [5.74, 6) is 3.39. The average molecular weight is 646 g/mol. The van der Waals surface area contributed by atoms with E-state index in [1.807, 2.05) is 66.7 Å². The second kappa shape index (κ2) is 9.11. The summed E-state index contributed by atoms with van der Waals surface area (Å²) in [5, 5.41) is 2.38. The Labute approximate surface area is 246 Å². The third kappa shape index (κ3) is 3.77. The smallest absolute Gasteiger partial charge is 0.164 e. The van der Waals surface area contributed by atoms with Crippen LogP contribution >= 0.6 is 31.9 Å². The summed E-state index contributed by atoms with van der Waals surface area (Å²) in [4.78, 5) is 14.7. The molecule has 0 saturated heterocycles. The maximum atomic E-state index is 6.49. The van der Waals surface area contributed by atoms with Gasteiger partial charge in [-0.1, -0.05) is 86.5 Å². The molecule has 0 radical (unpaired) electrons. The van der Waals surface area contributed by atoms with Gasteiger partial charge in [0.25, 0.3) is 0 Å². The summed E-state index contributed by atoms with van der Waals surface area (Å²) in [6, 6.07) is 36.8. The first-order valence-electron chi connectivity index (χ1n) is 12.8. The second-order valence-electron chi connectivity index (χ2n) is 9.61. The lowest BCUT2D eigenvalue weighted by Gasteiger charge is -2.21. The largest absolute Gasteiger partial charge is 0.453 e. The van der Waals surface area contributed by atoms with Crippen molar-refractivity contribution in [3.8, 4) is 51.3 Å². The standard InChI is InChI=1S/C33H18Br2N4O/c34-22-13-8-19(9-14-22)31-36-32(20-10-15-23(35)16-11-20)38-33(37-31)21-12-17-27-29(18-21)40-28-7-3-5-25-24-4-1-2-6-26(24)39(27)30(25)28/h1-18H. The predicted octanol–water partition coefficient (Wildman–Crippen LogP) is 9.60. The van der Waals surface area contributed by atoms with E-state index in [1.165, 1.54) is 10.8 Å². The number of halogens is 2. The van der Waals surface area contributed by atoms with Gasteiger partial charge in [-0.05, 0) is 54.6 Å². The molecule has 8 rings (SSSR count). The van der Waals surface area contributed by atoms with Crippen LogP contribution in [0, 0.1) is 0 Å². The summed E-state index contributed by atoms with van der Waals surface area (Å²) in [7, 11) is 0. The van der Waals surface area contributed by atoms with Crippen LogP contribution in [-0.2, 0) is 0 Å². The van der Waals surface area contributed by atoms with Crippen molar-refractivity contribution in [2.24, 2.45) is 0 Å². The molecule has 7 aromatic rings. The number of fused-ring (bicyclic) bond motifs is 5. The third-order valence-electron chi connectivity index (χ3n) is 7.18. The predicted molar refractivity (Wildman–Crippen MR) is 166 cm³/mol. The fourth-order valence-electron chi connectivity index (χ4n) is 5.32. The molecule has 0 fully saturated rings. The zero-order chi connectivity index (χ0) is 26.8. The summed E-state index contributed by atoms with van der Waals surface area (Å²) < 4.78 is 10.8. The highest BCUT2D eigenvalue weighted by atomic mass is 79.9. The Morgan fingerprint density at radius 1 is 0.525 bits per heavy atom. The van der Waals surface area contributed by atoms with Crippen LogP contribution in [0.3, 0.4) is 0 Å². The van der Waals surface area contributed by atoms with E-state index in [9.17, 15) is 0 Å². The SMILES string of the molecule is Brc1ccc(-c2nc(-c3ccc(Br)cc3)nc(-c3ccc4c(c3)Oc3cccc5c6ccccc6n-4c35)n2)cc1. The van der Waals surface area contributed by atoms with Crippen LogP contribution in [0.15, 0.2) is 118 Å². The normalized spacial score (nSPS) is 11.9. The van der Waals surface area contributed by atoms with E-state index in [2.05, 4.69) is 78.9 Å². The molecule has 190 valence electrons. The van der Waals surface area contributed by atoms with E-state index in [0.717, 1.165) is 53.9 Å². The highest BCUT2D eigenvalue weighted by Gasteiger charge is 2.24. The van der Waals surface area contributed by atoms with Crippen LogP contribution in [0.5, 0.6) is 11.5 Å². The molecule has 0 aliphatic carbocycles. The van der Waals surface area contributed by atoms with Crippen molar-refractivity contribution in [3.63, 3.8) is 0 Å². The number of hydrogen-bond donors (Lipinski definition) is 0. The Morgan fingerprint density at radius 2 is 1.10 bits per heavy atom. The van der Waals surface area contributed by atoms with Crippen molar-refractivity contribution in [2.75, 3.05) is 0 Å². The zero-order valence-corrected chi connectivity index (χ0v) is 24.0. The topological polar surface area (TPSA) is 52.8 Å². The number of para-hydroxylation sites is 2. The van der Waals surface area contributed by atoms with E-state index in [1.54, 1.807) is 0 Å². The van der Waals surface area contributed by atoms with Gasteiger partial charge in [0.15, 0.2) is 29.0 Å². The Morgan fingerprint density at radius 3 is 1.77 bits per heavy atom. The van der Waals surface area contributed by atoms with Crippen LogP contribution in [0.25, 0.3) is 61.7 Å². The lowest BCUT2D eigenvalue weighted by Crippen LogP contribution is -2.05. The highest BCUT2D eigenvalue weighted by molar-refractivity contribution is 9.10. The van der Waals surface area contributed by atoms with Crippen molar-refractivity contribution < 1.29 is 4.74 Å². The van der Waals surface area contributed by atoms with Gasteiger partial charge in [-0.25, -0.2) is 15.0 Å². The van der Waals surface area contributed by atoms with Gasteiger partial charge in [0, 0.05) is 36.4 Å². The third-order valence-corrected chi connectivity index (χ3v) is 8.23. The molecule has 3 heterocycles. The van der Waals surface area contributed by atoms with Gasteiger partial charge in [0.2, 0.25) is 0 Å². The Balaban J connectivity index is 1.32. The van der Waals surface area contributed by atoms with Crippen molar-refractivity contribution in [1.82, 2.24) is 19.5 Å². The molecule has 0 saturated carbocycles. The number of hydrogen-bond acceptors (Lipinski definition) is 4. The van der Waals surface area contributed by atoms with E-state index in [4.69, 9.17) is 19.7 Å². The summed E-state index contributed by atoms with van der Waals surface area (Å²) >= 11 is 7.05. The zero-order valence-electron chi connectivity index (χ0n) is 20.8. The van der Waals surface area contributed by atoms with Gasteiger partial charge in [-0.15, -0.1) is 0 Å². The summed E-state index contributed by atoms with van der Waals surface area (Å²) in [6.45, 7) is 0. The molecule has 7 heteroatoms. The molecule has 0 bridgehead atoms. The van der Waals surface area contributed by atoms with Crippen LogP contribution in [0.4, 0.5) is 0 Å². The molecule has 40 heavy (non-hydrogen) atoms. The van der Waals surface area contributed by atoms with Gasteiger partial charge in [-0.2, -0.15) is 0 Å². The number of aromatic nitrogens is 4. The summed E-state index contributed by atoms with van der Waals surface area (Å²) in [5.41, 5.74) is 5.90. The number of rotatable bonds is 3. The first-order chi connectivity index (χ1) is 19.6. The molecular formula is C33H18Br2N4O. The maximum absolute atomic E-state index is 6.49. The highest BCUT2D eigenvalue weighted by Crippen LogP contribution is 2.46. The van der Waals surface area contributed by atoms with Gasteiger partial charge in [-0.3, -0.25) is 0 Å². The van der Waals surface area contributed by atoms with Crippen molar-refractivity contribution >= 4 is 53.7 Å². The minimum Gasteiger partial charge on any atom is -0.453 e. The molecule has 5 nitrogen and oxygen atoms in total. The lowest BCUT2D eigenvalue weighted by molar-refractivity contribution is 0.476. The van der Waals surface area contributed by atoms with E-state index in [-0.39, 0.29) is 0 Å². The molecule has 1 aliphatic rings. The van der Waals surface area contributed by atoms with Crippen LogP contribution in [0.2, 0.25) is 0 Å². The first-order valence-corrected chi connectivity index (χ1v) is 14.3. The fourth-order valence-corrected chi connectivity index (χ4v) is 5.85. The van der Waals surface area contributed by atoms with Gasteiger partial charge >= 0.3 is 0 Å². The summed E-state index contributed by atoms with van der Waals surface area (Å²) in [6.07, 6.45) is 0. The van der Waals surface area contributed by atoms with E-state index < -0.39 is 0 Å². The number of ether oxygens (including phenoxy) is 1. The number of benzene rings is 5. The van der Waals surface area contributed by atoms with E-state index in [0.29, 0.717) is 17.5 Å². The molecule has 0 N–H and O–H groups in total. The van der Waals surface area contributed by atoms with Gasteiger partial charge < -0.3 is 9.30 Å². The molecule has 0 atom stereocenters. The number of nitrogens with zero attached hydrogens (tertiary/aromatic N) is 4.